The fourth-order valence-electron chi connectivity index (χ4n) is 2.13. The van der Waals surface area contributed by atoms with Crippen molar-refractivity contribution in [3.8, 4) is 5.75 Å². The normalized spacial score (nSPS) is 12.1. The number of aliphatic hydroxyl groups is 1. The zero-order chi connectivity index (χ0) is 15.1. The first-order valence-electron chi connectivity index (χ1n) is 7.30. The smallest absolute Gasteiger partial charge is 0.122 e. The predicted octanol–water partition coefficient (Wildman–Crippen LogP) is 3.01. The average molecular weight is 285 g/mol. The van der Waals surface area contributed by atoms with Crippen molar-refractivity contribution in [3.63, 3.8) is 0 Å². The van der Waals surface area contributed by atoms with Crippen LogP contribution >= 0.6 is 0 Å². The van der Waals surface area contributed by atoms with Crippen LogP contribution in [0.1, 0.15) is 22.8 Å². The van der Waals surface area contributed by atoms with Crippen LogP contribution in [-0.2, 0) is 0 Å². The van der Waals surface area contributed by atoms with Gasteiger partial charge in [0.05, 0.1) is 6.10 Å². The van der Waals surface area contributed by atoms with Crippen LogP contribution in [0.15, 0.2) is 48.5 Å². The molecule has 112 valence electrons. The first-order chi connectivity index (χ1) is 10.2. The molecule has 0 spiro atoms. The van der Waals surface area contributed by atoms with Gasteiger partial charge in [-0.3, -0.25) is 0 Å². The Labute approximate surface area is 126 Å². The van der Waals surface area contributed by atoms with Crippen LogP contribution in [0.4, 0.5) is 0 Å². The third-order valence-electron chi connectivity index (χ3n) is 3.40. The van der Waals surface area contributed by atoms with Crippen molar-refractivity contribution in [1.82, 2.24) is 5.32 Å². The number of aliphatic hydroxyl groups excluding tert-OH is 1. The molecule has 0 bridgehead atoms. The third-order valence-corrected chi connectivity index (χ3v) is 3.40. The van der Waals surface area contributed by atoms with E-state index < -0.39 is 6.10 Å². The lowest BCUT2D eigenvalue weighted by Gasteiger charge is -2.13. The van der Waals surface area contributed by atoms with Crippen molar-refractivity contribution in [3.05, 3.63) is 65.2 Å². The second-order valence-corrected chi connectivity index (χ2v) is 5.25. The summed E-state index contributed by atoms with van der Waals surface area (Å²) in [5, 5.41) is 13.2. The van der Waals surface area contributed by atoms with Gasteiger partial charge in [0.15, 0.2) is 0 Å². The van der Waals surface area contributed by atoms with Gasteiger partial charge in [0.2, 0.25) is 0 Å². The number of rotatable bonds is 7. The van der Waals surface area contributed by atoms with Crippen LogP contribution in [-0.4, -0.2) is 24.8 Å². The topological polar surface area (TPSA) is 41.5 Å². The van der Waals surface area contributed by atoms with E-state index in [1.54, 1.807) is 0 Å². The van der Waals surface area contributed by atoms with Crippen LogP contribution in [0.2, 0.25) is 0 Å². The van der Waals surface area contributed by atoms with E-state index in [-0.39, 0.29) is 0 Å². The molecule has 0 saturated heterocycles. The molecule has 3 nitrogen and oxygen atoms in total. The third kappa shape index (κ3) is 4.88. The van der Waals surface area contributed by atoms with E-state index in [1.807, 2.05) is 43.3 Å². The minimum Gasteiger partial charge on any atom is -0.492 e. The van der Waals surface area contributed by atoms with Crippen LogP contribution in [0.5, 0.6) is 5.75 Å². The number of ether oxygens (including phenoxy) is 1. The molecule has 0 fully saturated rings. The Hall–Kier alpha value is -1.84. The van der Waals surface area contributed by atoms with Gasteiger partial charge in [-0.25, -0.2) is 0 Å². The Kier molecular flexibility index (Phi) is 5.78. The number of benzene rings is 2. The Bertz CT molecular complexity index is 554. The molecule has 0 aliphatic carbocycles. The number of hydrogen-bond acceptors (Lipinski definition) is 3. The minimum absolute atomic E-state index is 0.480. The zero-order valence-corrected chi connectivity index (χ0v) is 12.7. The van der Waals surface area contributed by atoms with Gasteiger partial charge in [-0.1, -0.05) is 42.5 Å². The van der Waals surface area contributed by atoms with Crippen LogP contribution in [0.3, 0.4) is 0 Å². The van der Waals surface area contributed by atoms with E-state index >= 15 is 0 Å². The summed E-state index contributed by atoms with van der Waals surface area (Å²) in [6.45, 7) is 5.92. The summed E-state index contributed by atoms with van der Waals surface area (Å²) in [5.74, 6) is 0.931. The summed E-state index contributed by atoms with van der Waals surface area (Å²) in [5.41, 5.74) is 3.27. The molecule has 1 unspecified atom stereocenters. The lowest BCUT2D eigenvalue weighted by molar-refractivity contribution is 0.172. The first-order valence-corrected chi connectivity index (χ1v) is 7.30. The quantitative estimate of drug-likeness (QED) is 0.768. The highest BCUT2D eigenvalue weighted by molar-refractivity contribution is 5.35. The van der Waals surface area contributed by atoms with Crippen molar-refractivity contribution < 1.29 is 9.84 Å². The van der Waals surface area contributed by atoms with Crippen molar-refractivity contribution in [1.29, 1.82) is 0 Å². The number of hydrogen-bond donors (Lipinski definition) is 2. The van der Waals surface area contributed by atoms with Gasteiger partial charge in [-0.2, -0.15) is 0 Å². The van der Waals surface area contributed by atoms with E-state index in [0.29, 0.717) is 19.7 Å². The highest BCUT2D eigenvalue weighted by Crippen LogP contribution is 2.18. The summed E-state index contributed by atoms with van der Waals surface area (Å²) < 4.78 is 5.76. The van der Waals surface area contributed by atoms with Gasteiger partial charge in [0.25, 0.3) is 0 Å². The molecule has 0 heterocycles. The maximum atomic E-state index is 10.0. The van der Waals surface area contributed by atoms with Gasteiger partial charge in [0.1, 0.15) is 12.4 Å². The molecule has 2 aromatic rings. The molecular formula is C18H23NO2. The first kappa shape index (κ1) is 15.5. The highest BCUT2D eigenvalue weighted by atomic mass is 16.5. The fraction of sp³-hybridized carbons (Fsp3) is 0.333. The van der Waals surface area contributed by atoms with Gasteiger partial charge in [-0.15, -0.1) is 0 Å². The molecule has 21 heavy (non-hydrogen) atoms. The molecule has 0 aliphatic rings. The van der Waals surface area contributed by atoms with Crippen LogP contribution in [0, 0.1) is 13.8 Å². The van der Waals surface area contributed by atoms with E-state index in [2.05, 4.69) is 24.4 Å². The molecule has 1 atom stereocenters. The lowest BCUT2D eigenvalue weighted by atomic mass is 10.1. The second kappa shape index (κ2) is 7.81. The Morgan fingerprint density at radius 2 is 1.86 bits per heavy atom. The summed E-state index contributed by atoms with van der Waals surface area (Å²) in [4.78, 5) is 0. The van der Waals surface area contributed by atoms with Crippen molar-refractivity contribution in [2.45, 2.75) is 20.0 Å². The summed E-state index contributed by atoms with van der Waals surface area (Å²) in [6.07, 6.45) is -0.480. The van der Waals surface area contributed by atoms with Crippen LogP contribution in [0.25, 0.3) is 0 Å². The highest BCUT2D eigenvalue weighted by Gasteiger charge is 2.05. The molecule has 0 aliphatic heterocycles. The molecule has 2 N–H and O–H groups in total. The van der Waals surface area contributed by atoms with Crippen molar-refractivity contribution in [2.24, 2.45) is 0 Å². The van der Waals surface area contributed by atoms with Gasteiger partial charge in [-0.05, 0) is 36.6 Å². The summed E-state index contributed by atoms with van der Waals surface area (Å²) in [6, 6.07) is 15.9. The molecule has 2 aromatic carbocycles. The molecule has 0 saturated carbocycles. The van der Waals surface area contributed by atoms with Crippen molar-refractivity contribution >= 4 is 0 Å². The SMILES string of the molecule is Cc1ccc(C)c(OCCNCC(O)c2ccccc2)c1. The average Bonchev–Trinajstić information content (AvgIpc) is 2.51. The molecule has 0 radical (unpaired) electrons. The summed E-state index contributed by atoms with van der Waals surface area (Å²) in [7, 11) is 0. The van der Waals surface area contributed by atoms with Crippen molar-refractivity contribution in [2.75, 3.05) is 19.7 Å². The predicted molar refractivity (Wildman–Crippen MR) is 85.7 cm³/mol. The van der Waals surface area contributed by atoms with E-state index in [1.165, 1.54) is 5.56 Å². The van der Waals surface area contributed by atoms with E-state index in [9.17, 15) is 5.11 Å². The van der Waals surface area contributed by atoms with E-state index in [4.69, 9.17) is 4.74 Å². The molecule has 0 aromatic heterocycles. The maximum absolute atomic E-state index is 10.0. The van der Waals surface area contributed by atoms with Crippen LogP contribution < -0.4 is 10.1 Å². The van der Waals surface area contributed by atoms with Gasteiger partial charge >= 0.3 is 0 Å². The molecular weight excluding hydrogens is 262 g/mol. The Morgan fingerprint density at radius 3 is 2.62 bits per heavy atom. The molecule has 3 heteroatoms. The van der Waals surface area contributed by atoms with E-state index in [0.717, 1.165) is 16.9 Å². The number of aryl methyl sites for hydroxylation is 2. The Morgan fingerprint density at radius 1 is 1.10 bits per heavy atom. The molecule has 2 rings (SSSR count). The van der Waals surface area contributed by atoms with Gasteiger partial charge in [0, 0.05) is 13.1 Å². The largest absolute Gasteiger partial charge is 0.492 e. The number of nitrogens with one attached hydrogen (secondary N) is 1. The monoisotopic (exact) mass is 285 g/mol. The lowest BCUT2D eigenvalue weighted by Crippen LogP contribution is -2.26. The molecule has 0 amide bonds. The summed E-state index contributed by atoms with van der Waals surface area (Å²) >= 11 is 0. The maximum Gasteiger partial charge on any atom is 0.122 e. The van der Waals surface area contributed by atoms with Gasteiger partial charge < -0.3 is 15.2 Å². The second-order valence-electron chi connectivity index (χ2n) is 5.25. The Balaban J connectivity index is 1.69. The minimum atomic E-state index is -0.480. The fourth-order valence-corrected chi connectivity index (χ4v) is 2.13. The zero-order valence-electron chi connectivity index (χ0n) is 12.7. The standard InChI is InChI=1S/C18H23NO2/c1-14-8-9-15(2)18(12-14)21-11-10-19-13-17(20)16-6-4-3-5-7-16/h3-9,12,17,19-20H,10-11,13H2,1-2H3.